The predicted octanol–water partition coefficient (Wildman–Crippen LogP) is 1.64. The van der Waals surface area contributed by atoms with Gasteiger partial charge in [-0.15, -0.1) is 0 Å². The molecule has 0 saturated carbocycles. The monoisotopic (exact) mass is 312 g/mol. The number of likely N-dealkylation sites (tertiary alicyclic amines) is 1. The smallest absolute Gasteiger partial charge is 0.305 e. The average molecular weight is 312 g/mol. The summed E-state index contributed by atoms with van der Waals surface area (Å²) in [6.45, 7) is 8.26. The topological polar surface area (TPSA) is 86.7 Å². The van der Waals surface area contributed by atoms with Gasteiger partial charge >= 0.3 is 5.97 Å². The highest BCUT2D eigenvalue weighted by Crippen LogP contribution is 2.22. The van der Waals surface area contributed by atoms with Crippen molar-refractivity contribution in [3.05, 3.63) is 0 Å². The van der Waals surface area contributed by atoms with Crippen molar-refractivity contribution in [1.29, 1.82) is 0 Å². The fraction of sp³-hybridized carbons (Fsp3) is 0.812. The van der Waals surface area contributed by atoms with Gasteiger partial charge in [-0.25, -0.2) is 0 Å². The van der Waals surface area contributed by atoms with Gasteiger partial charge in [0.1, 0.15) is 6.04 Å². The van der Waals surface area contributed by atoms with Crippen molar-refractivity contribution in [2.75, 3.05) is 6.54 Å². The molecule has 0 aromatic carbocycles. The zero-order valence-electron chi connectivity index (χ0n) is 14.0. The standard InChI is InChI=1S/C16H28N2O4/c1-10(2)8-13(19)17-15(11(3)4)16(22)18-7-5-6-12(18)9-14(20)21/h10-12,15H,5-9H2,1-4H3,(H,17,19)(H,20,21). The molecule has 2 N–H and O–H groups in total. The summed E-state index contributed by atoms with van der Waals surface area (Å²) < 4.78 is 0. The van der Waals surface area contributed by atoms with Gasteiger partial charge in [0, 0.05) is 19.0 Å². The second kappa shape index (κ2) is 8.15. The number of amides is 2. The highest BCUT2D eigenvalue weighted by molar-refractivity contribution is 5.88. The van der Waals surface area contributed by atoms with E-state index >= 15 is 0 Å². The number of carboxylic acid groups (broad SMARTS) is 1. The third kappa shape index (κ3) is 5.31. The molecule has 0 aliphatic carbocycles. The van der Waals surface area contributed by atoms with Gasteiger partial charge in [0.25, 0.3) is 0 Å². The molecule has 1 rings (SSSR count). The van der Waals surface area contributed by atoms with Gasteiger partial charge in [-0.05, 0) is 24.7 Å². The molecular formula is C16H28N2O4. The number of nitrogens with zero attached hydrogens (tertiary/aromatic N) is 1. The lowest BCUT2D eigenvalue weighted by atomic mass is 10.0. The number of rotatable bonds is 7. The normalized spacial score (nSPS) is 19.5. The van der Waals surface area contributed by atoms with Crippen LogP contribution in [-0.2, 0) is 14.4 Å². The van der Waals surface area contributed by atoms with Crippen molar-refractivity contribution in [2.45, 2.75) is 65.5 Å². The third-order valence-electron chi connectivity index (χ3n) is 3.91. The van der Waals surface area contributed by atoms with E-state index in [1.165, 1.54) is 0 Å². The van der Waals surface area contributed by atoms with E-state index in [1.54, 1.807) is 4.90 Å². The SMILES string of the molecule is CC(C)CC(=O)NC(C(=O)N1CCCC1CC(=O)O)C(C)C. The maximum Gasteiger partial charge on any atom is 0.305 e. The Hall–Kier alpha value is -1.59. The first-order valence-corrected chi connectivity index (χ1v) is 8.04. The Bertz CT molecular complexity index is 420. The van der Waals surface area contributed by atoms with Crippen LogP contribution < -0.4 is 5.32 Å². The maximum atomic E-state index is 12.7. The molecule has 6 heteroatoms. The molecular weight excluding hydrogens is 284 g/mol. The number of hydrogen-bond donors (Lipinski definition) is 2. The molecule has 2 atom stereocenters. The molecule has 0 bridgehead atoms. The lowest BCUT2D eigenvalue weighted by Crippen LogP contribution is -2.52. The summed E-state index contributed by atoms with van der Waals surface area (Å²) in [7, 11) is 0. The second-order valence-corrected chi connectivity index (χ2v) is 6.81. The minimum absolute atomic E-state index is 0.0313. The first kappa shape index (κ1) is 18.5. The summed E-state index contributed by atoms with van der Waals surface area (Å²) in [5.41, 5.74) is 0. The van der Waals surface area contributed by atoms with Crippen LogP contribution in [-0.4, -0.2) is 46.4 Å². The van der Waals surface area contributed by atoms with E-state index in [1.807, 2.05) is 27.7 Å². The molecule has 1 aliphatic heterocycles. The Balaban J connectivity index is 2.75. The zero-order chi connectivity index (χ0) is 16.9. The fourth-order valence-electron chi connectivity index (χ4n) is 2.83. The van der Waals surface area contributed by atoms with Crippen LogP contribution in [0.3, 0.4) is 0 Å². The first-order valence-electron chi connectivity index (χ1n) is 8.04. The Morgan fingerprint density at radius 3 is 2.36 bits per heavy atom. The Morgan fingerprint density at radius 1 is 1.23 bits per heavy atom. The highest BCUT2D eigenvalue weighted by Gasteiger charge is 2.36. The van der Waals surface area contributed by atoms with E-state index in [9.17, 15) is 14.4 Å². The van der Waals surface area contributed by atoms with Gasteiger partial charge in [-0.1, -0.05) is 27.7 Å². The number of nitrogens with one attached hydrogen (secondary N) is 1. The highest BCUT2D eigenvalue weighted by atomic mass is 16.4. The molecule has 22 heavy (non-hydrogen) atoms. The molecule has 1 saturated heterocycles. The minimum Gasteiger partial charge on any atom is -0.481 e. The molecule has 2 amide bonds. The van der Waals surface area contributed by atoms with E-state index in [2.05, 4.69) is 5.32 Å². The Morgan fingerprint density at radius 2 is 1.86 bits per heavy atom. The van der Waals surface area contributed by atoms with E-state index in [0.717, 1.165) is 6.42 Å². The quantitative estimate of drug-likeness (QED) is 0.748. The van der Waals surface area contributed by atoms with Crippen LogP contribution >= 0.6 is 0 Å². The van der Waals surface area contributed by atoms with Gasteiger partial charge in [-0.2, -0.15) is 0 Å². The van der Waals surface area contributed by atoms with Crippen LogP contribution in [0.15, 0.2) is 0 Å². The van der Waals surface area contributed by atoms with Crippen LogP contribution in [0.2, 0.25) is 0 Å². The molecule has 1 heterocycles. The molecule has 0 spiro atoms. The largest absolute Gasteiger partial charge is 0.481 e. The zero-order valence-corrected chi connectivity index (χ0v) is 14.0. The average Bonchev–Trinajstić information content (AvgIpc) is 2.81. The Labute approximate surface area is 132 Å². The summed E-state index contributed by atoms with van der Waals surface area (Å²) in [6.07, 6.45) is 1.88. The number of carboxylic acids is 1. The van der Waals surface area contributed by atoms with E-state index in [-0.39, 0.29) is 36.1 Å². The maximum absolute atomic E-state index is 12.7. The van der Waals surface area contributed by atoms with E-state index < -0.39 is 12.0 Å². The molecule has 6 nitrogen and oxygen atoms in total. The number of hydrogen-bond acceptors (Lipinski definition) is 3. The molecule has 1 aliphatic rings. The van der Waals surface area contributed by atoms with Crippen molar-refractivity contribution in [3.63, 3.8) is 0 Å². The van der Waals surface area contributed by atoms with Crippen molar-refractivity contribution in [1.82, 2.24) is 10.2 Å². The van der Waals surface area contributed by atoms with Crippen molar-refractivity contribution >= 4 is 17.8 Å². The summed E-state index contributed by atoms with van der Waals surface area (Å²) in [5.74, 6) is -0.981. The number of carbonyl (C=O) groups excluding carboxylic acids is 2. The van der Waals surface area contributed by atoms with Gasteiger partial charge in [0.15, 0.2) is 0 Å². The molecule has 0 aromatic rings. The number of aliphatic carboxylic acids is 1. The molecule has 2 unspecified atom stereocenters. The van der Waals surface area contributed by atoms with Gasteiger partial charge in [0.2, 0.25) is 11.8 Å². The van der Waals surface area contributed by atoms with Crippen LogP contribution in [0.5, 0.6) is 0 Å². The Kier molecular flexibility index (Phi) is 6.84. The summed E-state index contributed by atoms with van der Waals surface area (Å²) in [4.78, 5) is 37.2. The van der Waals surface area contributed by atoms with E-state index in [4.69, 9.17) is 5.11 Å². The molecule has 0 aromatic heterocycles. The van der Waals surface area contributed by atoms with Crippen molar-refractivity contribution in [3.8, 4) is 0 Å². The van der Waals surface area contributed by atoms with Gasteiger partial charge < -0.3 is 15.3 Å². The summed E-state index contributed by atoms with van der Waals surface area (Å²) in [5, 5.41) is 11.8. The first-order chi connectivity index (χ1) is 10.2. The van der Waals surface area contributed by atoms with Crippen LogP contribution in [0, 0.1) is 11.8 Å². The third-order valence-corrected chi connectivity index (χ3v) is 3.91. The van der Waals surface area contributed by atoms with Crippen molar-refractivity contribution in [2.24, 2.45) is 11.8 Å². The molecule has 1 fully saturated rings. The predicted molar refractivity (Wildman–Crippen MR) is 83.2 cm³/mol. The minimum atomic E-state index is -0.894. The van der Waals surface area contributed by atoms with E-state index in [0.29, 0.717) is 19.4 Å². The van der Waals surface area contributed by atoms with Crippen LogP contribution in [0.25, 0.3) is 0 Å². The van der Waals surface area contributed by atoms with Crippen LogP contribution in [0.1, 0.15) is 53.4 Å². The van der Waals surface area contributed by atoms with Gasteiger partial charge in [0.05, 0.1) is 6.42 Å². The lowest BCUT2D eigenvalue weighted by Gasteiger charge is -2.30. The molecule has 126 valence electrons. The fourth-order valence-corrected chi connectivity index (χ4v) is 2.83. The molecule has 0 radical (unpaired) electrons. The second-order valence-electron chi connectivity index (χ2n) is 6.81. The lowest BCUT2D eigenvalue weighted by molar-refractivity contribution is -0.142. The van der Waals surface area contributed by atoms with Crippen LogP contribution in [0.4, 0.5) is 0 Å². The van der Waals surface area contributed by atoms with Gasteiger partial charge in [-0.3, -0.25) is 14.4 Å². The number of carbonyl (C=O) groups is 3. The van der Waals surface area contributed by atoms with Crippen molar-refractivity contribution < 1.29 is 19.5 Å². The summed E-state index contributed by atoms with van der Waals surface area (Å²) >= 11 is 0. The summed E-state index contributed by atoms with van der Waals surface area (Å²) in [6, 6.07) is -0.839.